The minimum Gasteiger partial charge on any atom is -0.495 e. The Labute approximate surface area is 125 Å². The molecule has 0 amide bonds. The maximum atomic E-state index is 12.3. The average Bonchev–Trinajstić information content (AvgIpc) is 2.47. The zero-order chi connectivity index (χ0) is 15.4. The van der Waals surface area contributed by atoms with Gasteiger partial charge in [-0.1, -0.05) is 11.6 Å². The van der Waals surface area contributed by atoms with Crippen molar-refractivity contribution in [3.05, 3.63) is 58.6 Å². The van der Waals surface area contributed by atoms with Crippen LogP contribution in [0.3, 0.4) is 0 Å². The minimum atomic E-state index is -2.90. The van der Waals surface area contributed by atoms with Crippen LogP contribution in [0.1, 0.15) is 15.9 Å². The molecule has 0 aliphatic heterocycles. The molecule has 2 aromatic rings. The van der Waals surface area contributed by atoms with Crippen molar-refractivity contribution >= 4 is 17.4 Å². The van der Waals surface area contributed by atoms with Gasteiger partial charge in [-0.25, -0.2) is 0 Å². The summed E-state index contributed by atoms with van der Waals surface area (Å²) in [6.07, 6.45) is 0. The number of alkyl halides is 2. The Kier molecular flexibility index (Phi) is 4.75. The molecular weight excluding hydrogens is 302 g/mol. The number of hydrogen-bond donors (Lipinski definition) is 0. The largest absolute Gasteiger partial charge is 0.495 e. The Bertz CT molecular complexity index is 642. The molecule has 0 radical (unpaired) electrons. The second-order valence-electron chi connectivity index (χ2n) is 4.08. The van der Waals surface area contributed by atoms with Crippen LogP contribution in [0.5, 0.6) is 11.5 Å². The van der Waals surface area contributed by atoms with E-state index in [0.29, 0.717) is 21.9 Å². The molecule has 0 heterocycles. The van der Waals surface area contributed by atoms with Crippen LogP contribution in [0.4, 0.5) is 8.78 Å². The van der Waals surface area contributed by atoms with E-state index in [1.54, 1.807) is 12.1 Å². The number of ketones is 1. The molecular formula is C15H11ClF2O3. The molecule has 3 nitrogen and oxygen atoms in total. The fourth-order valence-corrected chi connectivity index (χ4v) is 1.95. The van der Waals surface area contributed by atoms with Crippen LogP contribution >= 0.6 is 11.6 Å². The third-order valence-electron chi connectivity index (χ3n) is 2.75. The second kappa shape index (κ2) is 6.54. The maximum absolute atomic E-state index is 12.3. The molecule has 6 heteroatoms. The molecule has 0 fully saturated rings. The highest BCUT2D eigenvalue weighted by Crippen LogP contribution is 2.26. The molecule has 110 valence electrons. The Morgan fingerprint density at radius 2 is 1.71 bits per heavy atom. The number of benzene rings is 2. The van der Waals surface area contributed by atoms with Crippen molar-refractivity contribution in [2.24, 2.45) is 0 Å². The highest BCUT2D eigenvalue weighted by molar-refractivity contribution is 6.32. The zero-order valence-corrected chi connectivity index (χ0v) is 11.7. The first-order valence-corrected chi connectivity index (χ1v) is 6.32. The predicted octanol–water partition coefficient (Wildman–Crippen LogP) is 4.18. The Morgan fingerprint density at radius 1 is 1.10 bits per heavy atom. The summed E-state index contributed by atoms with van der Waals surface area (Å²) in [4.78, 5) is 12.3. The third kappa shape index (κ3) is 3.70. The molecule has 2 rings (SSSR count). The van der Waals surface area contributed by atoms with Crippen LogP contribution in [-0.4, -0.2) is 19.5 Å². The lowest BCUT2D eigenvalue weighted by Gasteiger charge is -2.07. The lowest BCUT2D eigenvalue weighted by atomic mass is 10.0. The Balaban J connectivity index is 2.23. The number of halogens is 3. The van der Waals surface area contributed by atoms with Gasteiger partial charge in [-0.2, -0.15) is 8.78 Å². The standard InChI is InChI=1S/C15H11ClF2O3/c1-20-13-8-10(4-7-12(13)16)14(19)9-2-5-11(6-3-9)21-15(17)18/h2-8,15H,1H3. The van der Waals surface area contributed by atoms with Crippen molar-refractivity contribution in [2.45, 2.75) is 6.61 Å². The van der Waals surface area contributed by atoms with Crippen molar-refractivity contribution in [2.75, 3.05) is 7.11 Å². The van der Waals surface area contributed by atoms with Gasteiger partial charge in [-0.05, 0) is 42.5 Å². The number of rotatable bonds is 5. The maximum Gasteiger partial charge on any atom is 0.387 e. The summed E-state index contributed by atoms with van der Waals surface area (Å²) in [7, 11) is 1.45. The third-order valence-corrected chi connectivity index (χ3v) is 3.07. The van der Waals surface area contributed by atoms with Crippen LogP contribution in [0, 0.1) is 0 Å². The van der Waals surface area contributed by atoms with Gasteiger partial charge in [0.1, 0.15) is 11.5 Å². The van der Waals surface area contributed by atoms with Crippen molar-refractivity contribution in [3.8, 4) is 11.5 Å². The van der Waals surface area contributed by atoms with Crippen LogP contribution < -0.4 is 9.47 Å². The van der Waals surface area contributed by atoms with E-state index in [9.17, 15) is 13.6 Å². The fourth-order valence-electron chi connectivity index (χ4n) is 1.76. The monoisotopic (exact) mass is 312 g/mol. The first-order valence-electron chi connectivity index (χ1n) is 5.94. The number of carbonyl (C=O) groups excluding carboxylic acids is 1. The molecule has 0 aliphatic rings. The van der Waals surface area contributed by atoms with Crippen LogP contribution in [0.25, 0.3) is 0 Å². The Morgan fingerprint density at radius 3 is 2.29 bits per heavy atom. The van der Waals surface area contributed by atoms with Crippen LogP contribution in [-0.2, 0) is 0 Å². The van der Waals surface area contributed by atoms with E-state index in [4.69, 9.17) is 16.3 Å². The Hall–Kier alpha value is -2.14. The van der Waals surface area contributed by atoms with E-state index in [1.165, 1.54) is 37.4 Å². The van der Waals surface area contributed by atoms with Gasteiger partial charge in [0.05, 0.1) is 12.1 Å². The smallest absolute Gasteiger partial charge is 0.387 e. The molecule has 21 heavy (non-hydrogen) atoms. The number of hydrogen-bond acceptors (Lipinski definition) is 3. The first-order chi connectivity index (χ1) is 10.0. The molecule has 0 saturated heterocycles. The molecule has 2 aromatic carbocycles. The quantitative estimate of drug-likeness (QED) is 0.777. The van der Waals surface area contributed by atoms with E-state index in [1.807, 2.05) is 0 Å². The van der Waals surface area contributed by atoms with E-state index >= 15 is 0 Å². The average molecular weight is 313 g/mol. The van der Waals surface area contributed by atoms with Gasteiger partial charge in [0.2, 0.25) is 0 Å². The van der Waals surface area contributed by atoms with Crippen molar-refractivity contribution < 1.29 is 23.0 Å². The number of ether oxygens (including phenoxy) is 2. The first kappa shape index (κ1) is 15.3. The summed E-state index contributed by atoms with van der Waals surface area (Å²) in [5, 5.41) is 0.398. The highest BCUT2D eigenvalue weighted by Gasteiger charge is 2.12. The molecule has 0 atom stereocenters. The van der Waals surface area contributed by atoms with Gasteiger partial charge in [0, 0.05) is 11.1 Å². The topological polar surface area (TPSA) is 35.5 Å². The van der Waals surface area contributed by atoms with E-state index in [-0.39, 0.29) is 11.5 Å². The number of carbonyl (C=O) groups is 1. The van der Waals surface area contributed by atoms with E-state index in [0.717, 1.165) is 0 Å². The normalized spacial score (nSPS) is 10.5. The van der Waals surface area contributed by atoms with Gasteiger partial charge in [-0.15, -0.1) is 0 Å². The van der Waals surface area contributed by atoms with Crippen LogP contribution in [0.15, 0.2) is 42.5 Å². The summed E-state index contributed by atoms with van der Waals surface area (Å²) in [6.45, 7) is -2.90. The summed E-state index contributed by atoms with van der Waals surface area (Å²) < 4.78 is 33.4. The lowest BCUT2D eigenvalue weighted by molar-refractivity contribution is -0.0498. The second-order valence-corrected chi connectivity index (χ2v) is 4.49. The van der Waals surface area contributed by atoms with E-state index < -0.39 is 6.61 Å². The molecule has 0 unspecified atom stereocenters. The highest BCUT2D eigenvalue weighted by atomic mass is 35.5. The van der Waals surface area contributed by atoms with Gasteiger partial charge in [-0.3, -0.25) is 4.79 Å². The zero-order valence-electron chi connectivity index (χ0n) is 11.0. The SMILES string of the molecule is COc1cc(C(=O)c2ccc(OC(F)F)cc2)ccc1Cl. The van der Waals surface area contributed by atoms with Crippen molar-refractivity contribution in [1.82, 2.24) is 0 Å². The lowest BCUT2D eigenvalue weighted by Crippen LogP contribution is -2.04. The minimum absolute atomic E-state index is 0.00441. The molecule has 0 aliphatic carbocycles. The summed E-state index contributed by atoms with van der Waals surface area (Å²) in [5.41, 5.74) is 0.736. The van der Waals surface area contributed by atoms with Crippen molar-refractivity contribution in [3.63, 3.8) is 0 Å². The van der Waals surface area contributed by atoms with Gasteiger partial charge < -0.3 is 9.47 Å². The molecule has 0 aromatic heterocycles. The number of methoxy groups -OCH3 is 1. The summed E-state index contributed by atoms with van der Waals surface area (Å²) >= 11 is 5.89. The van der Waals surface area contributed by atoms with Gasteiger partial charge >= 0.3 is 6.61 Å². The van der Waals surface area contributed by atoms with E-state index in [2.05, 4.69) is 4.74 Å². The summed E-state index contributed by atoms with van der Waals surface area (Å²) in [6, 6.07) is 10.1. The molecule has 0 N–H and O–H groups in total. The van der Waals surface area contributed by atoms with Crippen molar-refractivity contribution in [1.29, 1.82) is 0 Å². The molecule has 0 bridgehead atoms. The molecule has 0 spiro atoms. The van der Waals surface area contributed by atoms with Gasteiger partial charge in [0.25, 0.3) is 0 Å². The van der Waals surface area contributed by atoms with Crippen LogP contribution in [0.2, 0.25) is 5.02 Å². The fraction of sp³-hybridized carbons (Fsp3) is 0.133. The predicted molar refractivity (Wildman–Crippen MR) is 74.5 cm³/mol. The summed E-state index contributed by atoms with van der Waals surface area (Å²) in [5.74, 6) is 0.115. The molecule has 0 saturated carbocycles. The van der Waals surface area contributed by atoms with Gasteiger partial charge in [0.15, 0.2) is 5.78 Å².